The zero-order valence-electron chi connectivity index (χ0n) is 11.3. The standard InChI is InChI=1S/C12H14N4.C2H6/c1-16-8-4-7-13-11-12(16)15-10-6-3-2-5-9(10)14-11;1-2/h2-3,5-6H,4,7-8H2,1H3,(H,13,14);1-2H3. The highest BCUT2D eigenvalue weighted by Gasteiger charge is 2.15. The Morgan fingerprint density at radius 3 is 2.50 bits per heavy atom. The zero-order chi connectivity index (χ0) is 13.0. The van der Waals surface area contributed by atoms with Gasteiger partial charge in [0.2, 0.25) is 0 Å². The summed E-state index contributed by atoms with van der Waals surface area (Å²) in [5, 5.41) is 3.33. The van der Waals surface area contributed by atoms with E-state index in [9.17, 15) is 0 Å². The lowest BCUT2D eigenvalue weighted by Crippen LogP contribution is -2.18. The van der Waals surface area contributed by atoms with E-state index in [4.69, 9.17) is 0 Å². The molecule has 18 heavy (non-hydrogen) atoms. The fourth-order valence-corrected chi connectivity index (χ4v) is 2.00. The number of anilines is 2. The molecule has 0 spiro atoms. The molecule has 3 rings (SSSR count). The maximum absolute atomic E-state index is 4.66. The normalized spacial score (nSPS) is 14.1. The highest BCUT2D eigenvalue weighted by atomic mass is 15.2. The molecule has 1 N–H and O–H groups in total. The van der Waals surface area contributed by atoms with E-state index in [1.165, 1.54) is 0 Å². The summed E-state index contributed by atoms with van der Waals surface area (Å²) in [4.78, 5) is 11.4. The van der Waals surface area contributed by atoms with E-state index < -0.39 is 0 Å². The summed E-state index contributed by atoms with van der Waals surface area (Å²) in [6.45, 7) is 5.98. The lowest BCUT2D eigenvalue weighted by atomic mass is 10.3. The first-order valence-electron chi connectivity index (χ1n) is 6.56. The average molecular weight is 244 g/mol. The van der Waals surface area contributed by atoms with Gasteiger partial charge in [-0.15, -0.1) is 0 Å². The van der Waals surface area contributed by atoms with Crippen molar-refractivity contribution in [1.29, 1.82) is 0 Å². The van der Waals surface area contributed by atoms with Gasteiger partial charge in [0, 0.05) is 20.1 Å². The van der Waals surface area contributed by atoms with Crippen LogP contribution >= 0.6 is 0 Å². The van der Waals surface area contributed by atoms with E-state index in [2.05, 4.69) is 27.2 Å². The molecule has 1 aliphatic heterocycles. The molecular formula is C14H20N4. The molecule has 0 aliphatic carbocycles. The van der Waals surface area contributed by atoms with Crippen molar-refractivity contribution in [3.8, 4) is 0 Å². The Labute approximate surface area is 108 Å². The first kappa shape index (κ1) is 12.6. The predicted octanol–water partition coefficient (Wildman–Crippen LogP) is 2.91. The number of nitrogens with zero attached hydrogens (tertiary/aromatic N) is 3. The van der Waals surface area contributed by atoms with Crippen molar-refractivity contribution in [3.63, 3.8) is 0 Å². The second kappa shape index (κ2) is 5.67. The van der Waals surface area contributed by atoms with Crippen LogP contribution < -0.4 is 10.2 Å². The van der Waals surface area contributed by atoms with Gasteiger partial charge in [0.25, 0.3) is 0 Å². The SMILES string of the molecule is CC.CN1CCCNc2nc3ccccc3nc21. The summed E-state index contributed by atoms with van der Waals surface area (Å²) >= 11 is 0. The molecule has 0 saturated heterocycles. The van der Waals surface area contributed by atoms with Gasteiger partial charge in [0.1, 0.15) is 0 Å². The van der Waals surface area contributed by atoms with Crippen LogP contribution in [0, 0.1) is 0 Å². The molecule has 0 fully saturated rings. The van der Waals surface area contributed by atoms with E-state index in [0.29, 0.717) is 0 Å². The summed E-state index contributed by atoms with van der Waals surface area (Å²) in [6, 6.07) is 7.98. The maximum atomic E-state index is 4.66. The summed E-state index contributed by atoms with van der Waals surface area (Å²) in [5.74, 6) is 1.86. The number of benzene rings is 1. The van der Waals surface area contributed by atoms with Gasteiger partial charge in [-0.2, -0.15) is 0 Å². The third-order valence-electron chi connectivity index (χ3n) is 2.88. The Balaban J connectivity index is 0.000000574. The van der Waals surface area contributed by atoms with Gasteiger partial charge in [0.15, 0.2) is 11.6 Å². The molecule has 0 amide bonds. The van der Waals surface area contributed by atoms with E-state index in [1.54, 1.807) is 0 Å². The van der Waals surface area contributed by atoms with Crippen LogP contribution in [-0.4, -0.2) is 30.1 Å². The van der Waals surface area contributed by atoms with Crippen molar-refractivity contribution in [1.82, 2.24) is 9.97 Å². The van der Waals surface area contributed by atoms with Crippen molar-refractivity contribution in [2.45, 2.75) is 20.3 Å². The Kier molecular flexibility index (Phi) is 3.97. The Morgan fingerprint density at radius 1 is 1.11 bits per heavy atom. The molecule has 0 atom stereocenters. The van der Waals surface area contributed by atoms with E-state index in [1.807, 2.05) is 38.1 Å². The van der Waals surface area contributed by atoms with Crippen LogP contribution in [0.4, 0.5) is 11.6 Å². The van der Waals surface area contributed by atoms with Gasteiger partial charge in [-0.3, -0.25) is 0 Å². The first-order chi connectivity index (χ1) is 8.84. The van der Waals surface area contributed by atoms with Gasteiger partial charge in [-0.05, 0) is 18.6 Å². The molecule has 1 aromatic heterocycles. The van der Waals surface area contributed by atoms with Gasteiger partial charge >= 0.3 is 0 Å². The van der Waals surface area contributed by atoms with Gasteiger partial charge < -0.3 is 10.2 Å². The highest BCUT2D eigenvalue weighted by Crippen LogP contribution is 2.25. The Bertz CT molecular complexity index is 524. The van der Waals surface area contributed by atoms with Gasteiger partial charge in [0.05, 0.1) is 11.0 Å². The number of hydrogen-bond acceptors (Lipinski definition) is 4. The zero-order valence-corrected chi connectivity index (χ0v) is 11.3. The number of rotatable bonds is 0. The highest BCUT2D eigenvalue weighted by molar-refractivity contribution is 5.80. The van der Waals surface area contributed by atoms with Gasteiger partial charge in [-0.1, -0.05) is 26.0 Å². The third kappa shape index (κ3) is 2.37. The molecule has 4 heteroatoms. The van der Waals surface area contributed by atoms with Crippen molar-refractivity contribution >= 4 is 22.7 Å². The molecular weight excluding hydrogens is 224 g/mol. The summed E-state index contributed by atoms with van der Waals surface area (Å²) in [6.07, 6.45) is 1.12. The fourth-order valence-electron chi connectivity index (χ4n) is 2.00. The summed E-state index contributed by atoms with van der Waals surface area (Å²) < 4.78 is 0. The van der Waals surface area contributed by atoms with Crippen molar-refractivity contribution < 1.29 is 0 Å². The van der Waals surface area contributed by atoms with Crippen molar-refractivity contribution in [2.75, 3.05) is 30.4 Å². The first-order valence-corrected chi connectivity index (χ1v) is 6.56. The number of para-hydroxylation sites is 2. The summed E-state index contributed by atoms with van der Waals surface area (Å²) in [7, 11) is 2.06. The van der Waals surface area contributed by atoms with Crippen LogP contribution in [0.1, 0.15) is 20.3 Å². The van der Waals surface area contributed by atoms with E-state index >= 15 is 0 Å². The molecule has 0 radical (unpaired) electrons. The van der Waals surface area contributed by atoms with Crippen LogP contribution in [0.2, 0.25) is 0 Å². The molecule has 0 bridgehead atoms. The Morgan fingerprint density at radius 2 is 1.78 bits per heavy atom. The smallest absolute Gasteiger partial charge is 0.172 e. The molecule has 4 nitrogen and oxygen atoms in total. The molecule has 1 aliphatic rings. The predicted molar refractivity (Wildman–Crippen MR) is 77.3 cm³/mol. The van der Waals surface area contributed by atoms with Crippen LogP contribution in [0.3, 0.4) is 0 Å². The van der Waals surface area contributed by atoms with Crippen molar-refractivity contribution in [3.05, 3.63) is 24.3 Å². The van der Waals surface area contributed by atoms with Crippen LogP contribution in [0.15, 0.2) is 24.3 Å². The molecule has 2 heterocycles. The van der Waals surface area contributed by atoms with E-state index in [-0.39, 0.29) is 0 Å². The third-order valence-corrected chi connectivity index (χ3v) is 2.88. The minimum atomic E-state index is 0.902. The molecule has 1 aromatic carbocycles. The molecule has 0 unspecified atom stereocenters. The number of hydrogen-bond donors (Lipinski definition) is 1. The largest absolute Gasteiger partial charge is 0.367 e. The van der Waals surface area contributed by atoms with Gasteiger partial charge in [-0.25, -0.2) is 9.97 Å². The lowest BCUT2D eigenvalue weighted by molar-refractivity contribution is 0.830. The topological polar surface area (TPSA) is 41.0 Å². The van der Waals surface area contributed by atoms with E-state index in [0.717, 1.165) is 42.2 Å². The maximum Gasteiger partial charge on any atom is 0.172 e. The number of nitrogens with one attached hydrogen (secondary N) is 1. The van der Waals surface area contributed by atoms with Crippen molar-refractivity contribution in [2.24, 2.45) is 0 Å². The minimum Gasteiger partial charge on any atom is -0.367 e. The second-order valence-electron chi connectivity index (χ2n) is 4.09. The quantitative estimate of drug-likeness (QED) is 0.773. The summed E-state index contributed by atoms with van der Waals surface area (Å²) in [5.41, 5.74) is 1.90. The van der Waals surface area contributed by atoms with Crippen LogP contribution in [0.5, 0.6) is 0 Å². The monoisotopic (exact) mass is 244 g/mol. The molecule has 0 saturated carbocycles. The second-order valence-corrected chi connectivity index (χ2v) is 4.09. The lowest BCUT2D eigenvalue weighted by Gasteiger charge is -2.16. The molecule has 2 aromatic rings. The number of fused-ring (bicyclic) bond motifs is 2. The average Bonchev–Trinajstić information content (AvgIpc) is 2.61. The fraction of sp³-hybridized carbons (Fsp3) is 0.429. The Hall–Kier alpha value is -1.84. The number of aromatic nitrogens is 2. The van der Waals surface area contributed by atoms with Crippen LogP contribution in [0.25, 0.3) is 11.0 Å². The minimum absolute atomic E-state index is 0.902. The van der Waals surface area contributed by atoms with Crippen LogP contribution in [-0.2, 0) is 0 Å². The molecule has 96 valence electrons.